The molecule has 0 radical (unpaired) electrons. The number of hydrogen-bond acceptors (Lipinski definition) is 5. The number of methoxy groups -OCH3 is 1. The second kappa shape index (κ2) is 9.48. The van der Waals surface area contributed by atoms with Gasteiger partial charge in [-0.2, -0.15) is 0 Å². The van der Waals surface area contributed by atoms with Gasteiger partial charge in [-0.15, -0.1) is 11.3 Å². The Morgan fingerprint density at radius 3 is 2.83 bits per heavy atom. The van der Waals surface area contributed by atoms with Gasteiger partial charge in [-0.05, 0) is 47.7 Å². The van der Waals surface area contributed by atoms with E-state index >= 15 is 0 Å². The smallest absolute Gasteiger partial charge is 0.262 e. The van der Waals surface area contributed by atoms with Crippen LogP contribution in [-0.4, -0.2) is 22.7 Å². The summed E-state index contributed by atoms with van der Waals surface area (Å²) in [6, 6.07) is 19.2. The number of benzene rings is 3. The van der Waals surface area contributed by atoms with Crippen molar-refractivity contribution in [2.45, 2.75) is 38.4 Å². The van der Waals surface area contributed by atoms with Gasteiger partial charge in [0.15, 0.2) is 0 Å². The number of halogens is 1. The van der Waals surface area contributed by atoms with Crippen LogP contribution in [0.15, 0.2) is 71.8 Å². The number of thiophene rings is 1. The molecule has 36 heavy (non-hydrogen) atoms. The molecule has 3 aromatic carbocycles. The lowest BCUT2D eigenvalue weighted by Crippen LogP contribution is -2.34. The van der Waals surface area contributed by atoms with Crippen LogP contribution in [0, 0.1) is 5.82 Å². The van der Waals surface area contributed by atoms with Crippen molar-refractivity contribution >= 4 is 32.3 Å². The van der Waals surface area contributed by atoms with Gasteiger partial charge in [0.25, 0.3) is 5.56 Å². The first-order chi connectivity index (χ1) is 17.6. The van der Waals surface area contributed by atoms with Crippen LogP contribution in [0.25, 0.3) is 21.0 Å². The van der Waals surface area contributed by atoms with Crippen molar-refractivity contribution in [3.8, 4) is 5.75 Å². The molecule has 5 nitrogen and oxygen atoms in total. The van der Waals surface area contributed by atoms with Crippen molar-refractivity contribution < 1.29 is 9.13 Å². The lowest BCUT2D eigenvalue weighted by atomic mass is 9.93. The standard InChI is InChI=1S/C29H26FN3O2S/c1-35-25-13-10-18-6-2-4-8-21(18)23(25)16-33-17-32-28-27(29(33)34)22-12-11-20(14-26(22)36-28)31-15-19-7-3-5-9-24(19)30/h2-10,13,17,20,31H,11-12,14-16H2,1H3. The third-order valence-corrected chi connectivity index (χ3v) is 8.28. The van der Waals surface area contributed by atoms with Crippen LogP contribution in [-0.2, 0) is 25.9 Å². The van der Waals surface area contributed by atoms with Crippen LogP contribution >= 0.6 is 11.3 Å². The van der Waals surface area contributed by atoms with Crippen molar-refractivity contribution in [2.75, 3.05) is 7.11 Å². The summed E-state index contributed by atoms with van der Waals surface area (Å²) in [5.74, 6) is 0.577. The van der Waals surface area contributed by atoms with Gasteiger partial charge in [0.05, 0.1) is 25.4 Å². The molecule has 0 saturated heterocycles. The molecule has 6 rings (SSSR count). The van der Waals surface area contributed by atoms with Crippen LogP contribution in [0.4, 0.5) is 4.39 Å². The van der Waals surface area contributed by atoms with E-state index in [1.807, 2.05) is 36.4 Å². The molecule has 7 heteroatoms. The van der Waals surface area contributed by atoms with Gasteiger partial charge in [0.1, 0.15) is 16.4 Å². The Hall–Kier alpha value is -3.55. The Morgan fingerprint density at radius 1 is 1.14 bits per heavy atom. The van der Waals surface area contributed by atoms with Crippen LogP contribution < -0.4 is 15.6 Å². The highest BCUT2D eigenvalue weighted by molar-refractivity contribution is 7.18. The summed E-state index contributed by atoms with van der Waals surface area (Å²) in [7, 11) is 1.66. The zero-order valence-electron chi connectivity index (χ0n) is 20.0. The largest absolute Gasteiger partial charge is 0.496 e. The number of hydrogen-bond donors (Lipinski definition) is 1. The summed E-state index contributed by atoms with van der Waals surface area (Å²) in [6.45, 7) is 0.888. The molecule has 0 amide bonds. The maximum atomic E-state index is 14.0. The molecule has 182 valence electrons. The number of rotatable bonds is 6. The minimum atomic E-state index is -0.184. The molecule has 2 aromatic heterocycles. The Bertz CT molecular complexity index is 1640. The minimum Gasteiger partial charge on any atom is -0.496 e. The number of ether oxygens (including phenoxy) is 1. The van der Waals surface area contributed by atoms with E-state index < -0.39 is 0 Å². The van der Waals surface area contributed by atoms with E-state index in [4.69, 9.17) is 4.74 Å². The summed E-state index contributed by atoms with van der Waals surface area (Å²) >= 11 is 1.60. The number of fused-ring (bicyclic) bond motifs is 4. The highest BCUT2D eigenvalue weighted by atomic mass is 32.1. The number of aromatic nitrogens is 2. The maximum Gasteiger partial charge on any atom is 0.262 e. The fraction of sp³-hybridized carbons (Fsp3) is 0.241. The molecule has 1 unspecified atom stereocenters. The van der Waals surface area contributed by atoms with Gasteiger partial charge in [0, 0.05) is 28.6 Å². The highest BCUT2D eigenvalue weighted by Gasteiger charge is 2.25. The highest BCUT2D eigenvalue weighted by Crippen LogP contribution is 2.34. The third kappa shape index (κ3) is 4.08. The second-order valence-corrected chi connectivity index (χ2v) is 10.3. The molecule has 1 N–H and O–H groups in total. The van der Waals surface area contributed by atoms with Crippen LogP contribution in [0.3, 0.4) is 0 Å². The van der Waals surface area contributed by atoms with E-state index in [1.165, 1.54) is 10.9 Å². The molecule has 1 aliphatic carbocycles. The molecule has 5 aromatic rings. The summed E-state index contributed by atoms with van der Waals surface area (Å²) in [6.07, 6.45) is 4.19. The SMILES string of the molecule is COc1ccc2ccccc2c1Cn1cnc2sc3c(c2c1=O)CCC(NCc1ccccc1F)C3. The Labute approximate surface area is 212 Å². The fourth-order valence-electron chi connectivity index (χ4n) is 5.22. The molecule has 1 aliphatic rings. The first-order valence-corrected chi connectivity index (χ1v) is 12.9. The van der Waals surface area contributed by atoms with E-state index in [-0.39, 0.29) is 17.4 Å². The van der Waals surface area contributed by atoms with Gasteiger partial charge >= 0.3 is 0 Å². The van der Waals surface area contributed by atoms with Crippen LogP contribution in [0.2, 0.25) is 0 Å². The van der Waals surface area contributed by atoms with Gasteiger partial charge in [-0.25, -0.2) is 9.37 Å². The van der Waals surface area contributed by atoms with E-state index in [1.54, 1.807) is 35.4 Å². The number of nitrogens with one attached hydrogen (secondary N) is 1. The Kier molecular flexibility index (Phi) is 6.03. The lowest BCUT2D eigenvalue weighted by Gasteiger charge is -2.23. The summed E-state index contributed by atoms with van der Waals surface area (Å²) in [5.41, 5.74) is 2.76. The quantitative estimate of drug-likeness (QED) is 0.337. The zero-order chi connectivity index (χ0) is 24.6. The van der Waals surface area contributed by atoms with Gasteiger partial charge in [-0.1, -0.05) is 48.5 Å². The fourth-order valence-corrected chi connectivity index (χ4v) is 6.48. The Morgan fingerprint density at radius 2 is 1.97 bits per heavy atom. The van der Waals surface area contributed by atoms with E-state index in [2.05, 4.69) is 22.4 Å². The van der Waals surface area contributed by atoms with Gasteiger partial charge < -0.3 is 10.1 Å². The van der Waals surface area contributed by atoms with Crippen molar-refractivity contribution in [1.29, 1.82) is 0 Å². The number of nitrogens with zero attached hydrogens (tertiary/aromatic N) is 2. The Balaban J connectivity index is 1.30. The van der Waals surface area contributed by atoms with Crippen LogP contribution in [0.1, 0.15) is 28.0 Å². The van der Waals surface area contributed by atoms with Crippen molar-refractivity contribution in [2.24, 2.45) is 0 Å². The van der Waals surface area contributed by atoms with E-state index in [0.717, 1.165) is 57.1 Å². The summed E-state index contributed by atoms with van der Waals surface area (Å²) < 4.78 is 21.3. The molecule has 1 atom stereocenters. The zero-order valence-corrected chi connectivity index (χ0v) is 20.8. The second-order valence-electron chi connectivity index (χ2n) is 9.24. The minimum absolute atomic E-state index is 0.00902. The summed E-state index contributed by atoms with van der Waals surface area (Å²) in [4.78, 5) is 20.3. The average Bonchev–Trinajstić information content (AvgIpc) is 3.28. The predicted molar refractivity (Wildman–Crippen MR) is 143 cm³/mol. The lowest BCUT2D eigenvalue weighted by molar-refractivity contribution is 0.409. The topological polar surface area (TPSA) is 56.2 Å². The normalized spacial score (nSPS) is 15.3. The third-order valence-electron chi connectivity index (χ3n) is 7.12. The number of aryl methyl sites for hydroxylation is 1. The van der Waals surface area contributed by atoms with Crippen LogP contribution in [0.5, 0.6) is 5.75 Å². The molecular weight excluding hydrogens is 473 g/mol. The molecule has 0 saturated carbocycles. The van der Waals surface area contributed by atoms with Crippen molar-refractivity contribution in [3.63, 3.8) is 0 Å². The monoisotopic (exact) mass is 499 g/mol. The molecular formula is C29H26FN3O2S. The van der Waals surface area contributed by atoms with E-state index in [0.29, 0.717) is 18.7 Å². The van der Waals surface area contributed by atoms with Gasteiger partial charge in [-0.3, -0.25) is 9.36 Å². The molecule has 2 heterocycles. The average molecular weight is 500 g/mol. The first-order valence-electron chi connectivity index (χ1n) is 12.1. The van der Waals surface area contributed by atoms with Crippen molar-refractivity contribution in [3.05, 3.63) is 105 Å². The maximum absolute atomic E-state index is 14.0. The predicted octanol–water partition coefficient (Wildman–Crippen LogP) is 5.45. The van der Waals surface area contributed by atoms with E-state index in [9.17, 15) is 9.18 Å². The molecule has 0 spiro atoms. The summed E-state index contributed by atoms with van der Waals surface area (Å²) in [5, 5.41) is 6.42. The van der Waals surface area contributed by atoms with Crippen molar-refractivity contribution in [1.82, 2.24) is 14.9 Å². The molecule has 0 fully saturated rings. The van der Waals surface area contributed by atoms with Gasteiger partial charge in [0.2, 0.25) is 0 Å². The molecule has 0 bridgehead atoms. The molecule has 0 aliphatic heterocycles. The first kappa shape index (κ1) is 22.9.